The van der Waals surface area contributed by atoms with Gasteiger partial charge in [-0.05, 0) is 52.9 Å². The SMILES string of the molecule is Cc1cccc(C)c1CNCc1ccsc1. The Labute approximate surface area is 101 Å². The van der Waals surface area contributed by atoms with E-state index in [0.717, 1.165) is 13.1 Å². The second-order valence-corrected chi connectivity index (χ2v) is 4.89. The number of aryl methyl sites for hydroxylation is 2. The predicted molar refractivity (Wildman–Crippen MR) is 70.8 cm³/mol. The van der Waals surface area contributed by atoms with E-state index < -0.39 is 0 Å². The van der Waals surface area contributed by atoms with E-state index in [1.807, 2.05) is 0 Å². The molecule has 0 bridgehead atoms. The molecule has 0 aliphatic rings. The molecule has 2 heteroatoms. The van der Waals surface area contributed by atoms with Crippen LogP contribution in [-0.4, -0.2) is 0 Å². The van der Waals surface area contributed by atoms with Gasteiger partial charge in [0.2, 0.25) is 0 Å². The summed E-state index contributed by atoms with van der Waals surface area (Å²) in [7, 11) is 0. The van der Waals surface area contributed by atoms with Gasteiger partial charge < -0.3 is 5.32 Å². The van der Waals surface area contributed by atoms with Crippen molar-refractivity contribution in [2.75, 3.05) is 0 Å². The lowest BCUT2D eigenvalue weighted by molar-refractivity contribution is 0.689. The van der Waals surface area contributed by atoms with Gasteiger partial charge in [-0.1, -0.05) is 18.2 Å². The minimum absolute atomic E-state index is 0.953. The molecule has 0 fully saturated rings. The van der Waals surface area contributed by atoms with Crippen LogP contribution in [0, 0.1) is 13.8 Å². The first-order chi connectivity index (χ1) is 7.77. The fraction of sp³-hybridized carbons (Fsp3) is 0.286. The summed E-state index contributed by atoms with van der Waals surface area (Å²) in [6, 6.07) is 8.64. The van der Waals surface area contributed by atoms with Crippen molar-refractivity contribution in [3.05, 3.63) is 57.3 Å². The molecule has 0 unspecified atom stereocenters. The van der Waals surface area contributed by atoms with Gasteiger partial charge in [0.15, 0.2) is 0 Å². The first kappa shape index (κ1) is 11.4. The molecule has 2 rings (SSSR count). The average Bonchev–Trinajstić information content (AvgIpc) is 2.75. The molecule has 0 saturated carbocycles. The average molecular weight is 231 g/mol. The van der Waals surface area contributed by atoms with Crippen molar-refractivity contribution in [2.45, 2.75) is 26.9 Å². The van der Waals surface area contributed by atoms with Gasteiger partial charge in [0, 0.05) is 13.1 Å². The Hall–Kier alpha value is -1.12. The minimum atomic E-state index is 0.953. The minimum Gasteiger partial charge on any atom is -0.309 e. The number of benzene rings is 1. The van der Waals surface area contributed by atoms with E-state index in [1.165, 1.54) is 22.3 Å². The third-order valence-corrected chi connectivity index (χ3v) is 3.59. The second kappa shape index (κ2) is 5.28. The standard InChI is InChI=1S/C14H17NS/c1-11-4-3-5-12(2)14(11)9-15-8-13-6-7-16-10-13/h3-7,10,15H,8-9H2,1-2H3. The quantitative estimate of drug-likeness (QED) is 0.847. The van der Waals surface area contributed by atoms with Gasteiger partial charge in [0.25, 0.3) is 0 Å². The van der Waals surface area contributed by atoms with E-state index in [1.54, 1.807) is 11.3 Å². The van der Waals surface area contributed by atoms with Gasteiger partial charge in [0.05, 0.1) is 0 Å². The van der Waals surface area contributed by atoms with Gasteiger partial charge in [-0.3, -0.25) is 0 Å². The summed E-state index contributed by atoms with van der Waals surface area (Å²) in [6.07, 6.45) is 0. The van der Waals surface area contributed by atoms with Gasteiger partial charge in [-0.15, -0.1) is 0 Å². The fourth-order valence-corrected chi connectivity index (χ4v) is 2.52. The molecule has 1 aromatic heterocycles. The number of hydrogen-bond donors (Lipinski definition) is 1. The van der Waals surface area contributed by atoms with Gasteiger partial charge in [-0.2, -0.15) is 11.3 Å². The third-order valence-electron chi connectivity index (χ3n) is 2.86. The Morgan fingerprint density at radius 3 is 2.44 bits per heavy atom. The van der Waals surface area contributed by atoms with E-state index in [4.69, 9.17) is 0 Å². The van der Waals surface area contributed by atoms with Crippen molar-refractivity contribution in [1.82, 2.24) is 5.32 Å². The molecule has 0 saturated heterocycles. The lowest BCUT2D eigenvalue weighted by Crippen LogP contribution is -2.13. The Morgan fingerprint density at radius 1 is 1.06 bits per heavy atom. The van der Waals surface area contributed by atoms with Crippen LogP contribution in [0.2, 0.25) is 0 Å². The van der Waals surface area contributed by atoms with Crippen LogP contribution >= 0.6 is 11.3 Å². The van der Waals surface area contributed by atoms with Crippen molar-refractivity contribution in [3.8, 4) is 0 Å². The first-order valence-corrected chi connectivity index (χ1v) is 6.48. The van der Waals surface area contributed by atoms with E-state index in [9.17, 15) is 0 Å². The summed E-state index contributed by atoms with van der Waals surface area (Å²) >= 11 is 1.75. The molecule has 1 heterocycles. The zero-order chi connectivity index (χ0) is 11.4. The fourth-order valence-electron chi connectivity index (χ4n) is 1.85. The van der Waals surface area contributed by atoms with E-state index in [-0.39, 0.29) is 0 Å². The van der Waals surface area contributed by atoms with Crippen LogP contribution in [-0.2, 0) is 13.1 Å². The molecule has 1 aromatic carbocycles. The molecule has 0 radical (unpaired) electrons. The highest BCUT2D eigenvalue weighted by atomic mass is 32.1. The lowest BCUT2D eigenvalue weighted by atomic mass is 10.0. The first-order valence-electron chi connectivity index (χ1n) is 5.54. The molecule has 0 amide bonds. The Morgan fingerprint density at radius 2 is 1.81 bits per heavy atom. The highest BCUT2D eigenvalue weighted by Gasteiger charge is 2.01. The summed E-state index contributed by atoms with van der Waals surface area (Å²) < 4.78 is 0. The lowest BCUT2D eigenvalue weighted by Gasteiger charge is -2.10. The maximum Gasteiger partial charge on any atom is 0.0216 e. The van der Waals surface area contributed by atoms with Crippen LogP contribution in [0.25, 0.3) is 0 Å². The van der Waals surface area contributed by atoms with Crippen molar-refractivity contribution in [1.29, 1.82) is 0 Å². The summed E-state index contributed by atoms with van der Waals surface area (Å²) in [5.74, 6) is 0. The zero-order valence-electron chi connectivity index (χ0n) is 9.79. The Balaban J connectivity index is 1.95. The molecule has 1 nitrogen and oxygen atoms in total. The number of nitrogens with one attached hydrogen (secondary N) is 1. The van der Waals surface area contributed by atoms with E-state index in [2.05, 4.69) is 54.2 Å². The molecular weight excluding hydrogens is 214 g/mol. The molecule has 16 heavy (non-hydrogen) atoms. The number of hydrogen-bond acceptors (Lipinski definition) is 2. The summed E-state index contributed by atoms with van der Waals surface area (Å²) in [4.78, 5) is 0. The maximum atomic E-state index is 3.49. The molecule has 1 N–H and O–H groups in total. The number of thiophene rings is 1. The van der Waals surface area contributed by atoms with Crippen molar-refractivity contribution in [2.24, 2.45) is 0 Å². The highest BCUT2D eigenvalue weighted by Crippen LogP contribution is 2.13. The highest BCUT2D eigenvalue weighted by molar-refractivity contribution is 7.07. The number of rotatable bonds is 4. The van der Waals surface area contributed by atoms with Crippen molar-refractivity contribution in [3.63, 3.8) is 0 Å². The van der Waals surface area contributed by atoms with Crippen LogP contribution < -0.4 is 5.32 Å². The predicted octanol–water partition coefficient (Wildman–Crippen LogP) is 3.65. The zero-order valence-corrected chi connectivity index (χ0v) is 10.6. The maximum absolute atomic E-state index is 3.49. The molecule has 84 valence electrons. The van der Waals surface area contributed by atoms with Gasteiger partial charge >= 0.3 is 0 Å². The molecule has 0 aliphatic carbocycles. The summed E-state index contributed by atoms with van der Waals surface area (Å²) in [5, 5.41) is 7.81. The van der Waals surface area contributed by atoms with Gasteiger partial charge in [-0.25, -0.2) is 0 Å². The molecular formula is C14H17NS. The summed E-state index contributed by atoms with van der Waals surface area (Å²) in [5.41, 5.74) is 5.55. The monoisotopic (exact) mass is 231 g/mol. The van der Waals surface area contributed by atoms with E-state index >= 15 is 0 Å². The Bertz CT molecular complexity index is 426. The van der Waals surface area contributed by atoms with Crippen LogP contribution in [0.5, 0.6) is 0 Å². The topological polar surface area (TPSA) is 12.0 Å². The van der Waals surface area contributed by atoms with Crippen LogP contribution in [0.3, 0.4) is 0 Å². The smallest absolute Gasteiger partial charge is 0.0216 e. The van der Waals surface area contributed by atoms with Gasteiger partial charge in [0.1, 0.15) is 0 Å². The van der Waals surface area contributed by atoms with E-state index in [0.29, 0.717) is 0 Å². The normalized spacial score (nSPS) is 10.6. The van der Waals surface area contributed by atoms with Crippen molar-refractivity contribution >= 4 is 11.3 Å². The van der Waals surface area contributed by atoms with Crippen LogP contribution in [0.1, 0.15) is 22.3 Å². The molecule has 0 atom stereocenters. The largest absolute Gasteiger partial charge is 0.309 e. The van der Waals surface area contributed by atoms with Crippen molar-refractivity contribution < 1.29 is 0 Å². The van der Waals surface area contributed by atoms with Crippen LogP contribution in [0.4, 0.5) is 0 Å². The Kier molecular flexibility index (Phi) is 3.75. The molecule has 2 aromatic rings. The third kappa shape index (κ3) is 2.71. The summed E-state index contributed by atoms with van der Waals surface area (Å²) in [6.45, 7) is 6.26. The molecule has 0 aliphatic heterocycles. The van der Waals surface area contributed by atoms with Crippen LogP contribution in [0.15, 0.2) is 35.0 Å². The molecule has 0 spiro atoms. The second-order valence-electron chi connectivity index (χ2n) is 4.11.